The third-order valence-corrected chi connectivity index (χ3v) is 4.26. The maximum Gasteiger partial charge on any atom is 0.250 e. The minimum absolute atomic E-state index is 0.00687. The third kappa shape index (κ3) is 2.02. The Labute approximate surface area is 113 Å². The molecular formula is C14H18ClNO2. The number of nitrogens with zero attached hydrogens (tertiary/aromatic N) is 1. The van der Waals surface area contributed by atoms with Gasteiger partial charge in [-0.25, -0.2) is 5.06 Å². The van der Waals surface area contributed by atoms with Crippen LogP contribution in [0.1, 0.15) is 25.3 Å². The number of hydrogen-bond donors (Lipinski definition) is 0. The zero-order chi connectivity index (χ0) is 13.5. The number of hydrogen-bond acceptors (Lipinski definition) is 2. The lowest BCUT2D eigenvalue weighted by molar-refractivity contribution is -0.171. The van der Waals surface area contributed by atoms with E-state index >= 15 is 0 Å². The number of amides is 1. The molecule has 0 bridgehead atoms. The Morgan fingerprint density at radius 3 is 2.56 bits per heavy atom. The van der Waals surface area contributed by atoms with E-state index < -0.39 is 0 Å². The molecule has 0 saturated heterocycles. The molecule has 2 atom stereocenters. The molecule has 1 aromatic carbocycles. The fourth-order valence-corrected chi connectivity index (χ4v) is 2.95. The summed E-state index contributed by atoms with van der Waals surface area (Å²) in [6, 6.07) is 7.72. The van der Waals surface area contributed by atoms with Gasteiger partial charge in [0.25, 0.3) is 0 Å². The summed E-state index contributed by atoms with van der Waals surface area (Å²) < 4.78 is 0. The van der Waals surface area contributed by atoms with Crippen molar-refractivity contribution < 1.29 is 9.63 Å². The van der Waals surface area contributed by atoms with E-state index in [0.29, 0.717) is 0 Å². The highest BCUT2D eigenvalue weighted by molar-refractivity contribution is 6.31. The van der Waals surface area contributed by atoms with Crippen LogP contribution in [0.2, 0.25) is 5.02 Å². The van der Waals surface area contributed by atoms with Crippen molar-refractivity contribution in [3.63, 3.8) is 0 Å². The van der Waals surface area contributed by atoms with Crippen LogP contribution >= 0.6 is 11.6 Å². The molecule has 0 heterocycles. The number of halogens is 1. The summed E-state index contributed by atoms with van der Waals surface area (Å²) >= 11 is 6.21. The van der Waals surface area contributed by atoms with Gasteiger partial charge in [-0.1, -0.05) is 43.6 Å². The van der Waals surface area contributed by atoms with E-state index in [9.17, 15) is 4.79 Å². The highest BCUT2D eigenvalue weighted by atomic mass is 35.5. The lowest BCUT2D eigenvalue weighted by atomic mass is 10.0. The van der Waals surface area contributed by atoms with Crippen molar-refractivity contribution >= 4 is 17.5 Å². The van der Waals surface area contributed by atoms with Gasteiger partial charge in [0.1, 0.15) is 0 Å². The van der Waals surface area contributed by atoms with Crippen molar-refractivity contribution in [3.8, 4) is 0 Å². The Bertz CT molecular complexity index is 473. The molecule has 0 radical (unpaired) electrons. The first-order valence-electron chi connectivity index (χ1n) is 5.97. The molecule has 2 unspecified atom stereocenters. The van der Waals surface area contributed by atoms with Crippen molar-refractivity contribution in [2.75, 3.05) is 14.2 Å². The number of benzene rings is 1. The van der Waals surface area contributed by atoms with Crippen molar-refractivity contribution in [1.82, 2.24) is 5.06 Å². The van der Waals surface area contributed by atoms with Crippen molar-refractivity contribution in [3.05, 3.63) is 34.9 Å². The summed E-state index contributed by atoms with van der Waals surface area (Å²) in [7, 11) is 3.14. The molecule has 0 spiro atoms. The van der Waals surface area contributed by atoms with Gasteiger partial charge in [0.2, 0.25) is 5.91 Å². The smallest absolute Gasteiger partial charge is 0.250 e. The van der Waals surface area contributed by atoms with E-state index in [1.165, 1.54) is 12.2 Å². The monoisotopic (exact) mass is 267 g/mol. The highest BCUT2D eigenvalue weighted by Crippen LogP contribution is 2.65. The van der Waals surface area contributed by atoms with Crippen molar-refractivity contribution in [1.29, 1.82) is 0 Å². The Morgan fingerprint density at radius 1 is 1.39 bits per heavy atom. The van der Waals surface area contributed by atoms with Gasteiger partial charge in [-0.3, -0.25) is 9.63 Å². The minimum Gasteiger partial charge on any atom is -0.275 e. The molecular weight excluding hydrogens is 250 g/mol. The molecule has 2 rings (SSSR count). The fraction of sp³-hybridized carbons (Fsp3) is 0.500. The molecule has 98 valence electrons. The van der Waals surface area contributed by atoms with E-state index in [0.717, 1.165) is 10.6 Å². The van der Waals surface area contributed by atoms with Crippen LogP contribution in [0, 0.1) is 11.3 Å². The zero-order valence-electron chi connectivity index (χ0n) is 11.1. The quantitative estimate of drug-likeness (QED) is 0.788. The second-order valence-corrected chi connectivity index (χ2v) is 5.72. The predicted molar refractivity (Wildman–Crippen MR) is 71.2 cm³/mol. The van der Waals surface area contributed by atoms with Crippen LogP contribution in [0.15, 0.2) is 24.3 Å². The molecule has 1 aliphatic rings. The second kappa shape index (κ2) is 4.56. The largest absolute Gasteiger partial charge is 0.275 e. The third-order valence-electron chi connectivity index (χ3n) is 3.92. The first-order valence-corrected chi connectivity index (χ1v) is 6.35. The minimum atomic E-state index is -0.0745. The van der Waals surface area contributed by atoms with E-state index in [1.54, 1.807) is 7.05 Å². The van der Waals surface area contributed by atoms with Crippen LogP contribution in [-0.2, 0) is 9.63 Å². The first kappa shape index (κ1) is 13.4. The second-order valence-electron chi connectivity index (χ2n) is 5.32. The van der Waals surface area contributed by atoms with Gasteiger partial charge < -0.3 is 0 Å². The highest BCUT2D eigenvalue weighted by Gasteiger charge is 2.63. The van der Waals surface area contributed by atoms with Gasteiger partial charge in [0.05, 0.1) is 13.0 Å². The standard InChI is InChI=1S/C14H18ClNO2/c1-14(2)11(9-7-5-6-8-10(9)15)12(14)13(17)16(3)18-4/h5-8,11-12H,1-4H3. The molecule has 1 aromatic rings. The maximum absolute atomic E-state index is 12.2. The van der Waals surface area contributed by atoms with Crippen molar-refractivity contribution in [2.24, 2.45) is 11.3 Å². The Hall–Kier alpha value is -1.06. The van der Waals surface area contributed by atoms with Crippen LogP contribution in [0.4, 0.5) is 0 Å². The van der Waals surface area contributed by atoms with E-state index in [2.05, 4.69) is 13.8 Å². The summed E-state index contributed by atoms with van der Waals surface area (Å²) in [5.74, 6) is 0.103. The predicted octanol–water partition coefficient (Wildman–Crippen LogP) is 3.10. The molecule has 1 amide bonds. The molecule has 0 N–H and O–H groups in total. The Balaban J connectivity index is 2.27. The molecule has 1 aliphatic carbocycles. The van der Waals surface area contributed by atoms with Crippen LogP contribution in [-0.4, -0.2) is 25.1 Å². The summed E-state index contributed by atoms with van der Waals surface area (Å²) in [5.41, 5.74) is 0.974. The summed E-state index contributed by atoms with van der Waals surface area (Å²) in [6.07, 6.45) is 0. The van der Waals surface area contributed by atoms with Crippen LogP contribution < -0.4 is 0 Å². The van der Waals surface area contributed by atoms with Crippen LogP contribution in [0.3, 0.4) is 0 Å². The normalized spacial score (nSPS) is 24.7. The molecule has 18 heavy (non-hydrogen) atoms. The molecule has 0 aliphatic heterocycles. The van der Waals surface area contributed by atoms with Gasteiger partial charge in [0, 0.05) is 18.0 Å². The van der Waals surface area contributed by atoms with Gasteiger partial charge in [-0.15, -0.1) is 0 Å². The van der Waals surface area contributed by atoms with Gasteiger partial charge >= 0.3 is 0 Å². The lowest BCUT2D eigenvalue weighted by Crippen LogP contribution is -2.28. The topological polar surface area (TPSA) is 29.5 Å². The number of carbonyl (C=O) groups excluding carboxylic acids is 1. The van der Waals surface area contributed by atoms with Crippen LogP contribution in [0.5, 0.6) is 0 Å². The first-order chi connectivity index (χ1) is 8.41. The molecule has 1 saturated carbocycles. The average Bonchev–Trinajstić information content (AvgIpc) is 2.90. The van der Waals surface area contributed by atoms with Gasteiger partial charge in [-0.2, -0.15) is 0 Å². The van der Waals surface area contributed by atoms with E-state index in [4.69, 9.17) is 16.4 Å². The van der Waals surface area contributed by atoms with Crippen molar-refractivity contribution in [2.45, 2.75) is 19.8 Å². The Kier molecular flexibility index (Phi) is 3.39. The molecule has 0 aromatic heterocycles. The molecule has 4 heteroatoms. The summed E-state index contributed by atoms with van der Waals surface area (Å²) in [4.78, 5) is 17.2. The number of carbonyl (C=O) groups is 1. The van der Waals surface area contributed by atoms with E-state index in [1.807, 2.05) is 24.3 Å². The molecule has 1 fully saturated rings. The maximum atomic E-state index is 12.2. The fourth-order valence-electron chi connectivity index (χ4n) is 2.69. The van der Waals surface area contributed by atoms with Gasteiger partial charge in [-0.05, 0) is 17.0 Å². The summed E-state index contributed by atoms with van der Waals surface area (Å²) in [5, 5.41) is 2.02. The van der Waals surface area contributed by atoms with Gasteiger partial charge in [0.15, 0.2) is 0 Å². The summed E-state index contributed by atoms with van der Waals surface area (Å²) in [6.45, 7) is 4.18. The Morgan fingerprint density at radius 2 is 2.00 bits per heavy atom. The number of hydroxylamine groups is 2. The van der Waals surface area contributed by atoms with Crippen LogP contribution in [0.25, 0.3) is 0 Å². The average molecular weight is 268 g/mol. The lowest BCUT2D eigenvalue weighted by Gasteiger charge is -2.14. The van der Waals surface area contributed by atoms with E-state index in [-0.39, 0.29) is 23.2 Å². The number of rotatable bonds is 3. The zero-order valence-corrected chi connectivity index (χ0v) is 11.9. The molecule has 3 nitrogen and oxygen atoms in total. The SMILES string of the molecule is CON(C)C(=O)C1C(c2ccccc2Cl)C1(C)C.